The van der Waals surface area contributed by atoms with Crippen LogP contribution in [0.15, 0.2) is 60.1 Å². The molecule has 4 rings (SSSR count). The molecule has 4 aromatic rings. The topological polar surface area (TPSA) is 90.4 Å². The summed E-state index contributed by atoms with van der Waals surface area (Å²) in [6, 6.07) is 15.0. The number of rotatable bonds is 8. The second-order valence-corrected chi connectivity index (χ2v) is 10.3. The number of aromatic nitrogens is 2. The van der Waals surface area contributed by atoms with Gasteiger partial charge in [-0.2, -0.15) is 0 Å². The molecule has 0 radical (unpaired) electrons. The van der Waals surface area contributed by atoms with Gasteiger partial charge in [0.15, 0.2) is 5.78 Å². The van der Waals surface area contributed by atoms with Crippen molar-refractivity contribution in [3.8, 4) is 11.1 Å². The summed E-state index contributed by atoms with van der Waals surface area (Å²) in [6.45, 7) is 1.57. The van der Waals surface area contributed by atoms with Crippen LogP contribution < -0.4 is 5.32 Å². The summed E-state index contributed by atoms with van der Waals surface area (Å²) in [5, 5.41) is 5.21. The van der Waals surface area contributed by atoms with E-state index in [2.05, 4.69) is 10.3 Å². The van der Waals surface area contributed by atoms with Gasteiger partial charge >= 0.3 is 7.60 Å². The maximum Gasteiger partial charge on any atom is 0.334 e. The molecule has 0 unspecified atom stereocenters. The predicted octanol–water partition coefficient (Wildman–Crippen LogP) is 6.29. The second-order valence-electron chi connectivity index (χ2n) is 7.11. The van der Waals surface area contributed by atoms with E-state index in [1.54, 1.807) is 24.5 Å². The number of nitrogens with one attached hydrogen (secondary N) is 1. The van der Waals surface area contributed by atoms with E-state index in [0.29, 0.717) is 11.5 Å². The number of nitrogens with zero attached hydrogens (tertiary/aromatic N) is 2. The van der Waals surface area contributed by atoms with Crippen molar-refractivity contribution in [2.24, 2.45) is 0 Å². The van der Waals surface area contributed by atoms with Crippen molar-refractivity contribution >= 4 is 46.6 Å². The van der Waals surface area contributed by atoms with Gasteiger partial charge in [-0.3, -0.25) is 9.36 Å². The van der Waals surface area contributed by atoms with Gasteiger partial charge < -0.3 is 14.4 Å². The fourth-order valence-electron chi connectivity index (χ4n) is 3.35. The highest BCUT2D eigenvalue weighted by Crippen LogP contribution is 2.49. The van der Waals surface area contributed by atoms with E-state index in [9.17, 15) is 9.36 Å². The van der Waals surface area contributed by atoms with Gasteiger partial charge in [0.1, 0.15) is 0 Å². The fourth-order valence-corrected chi connectivity index (χ4v) is 5.28. The van der Waals surface area contributed by atoms with Gasteiger partial charge in [0.2, 0.25) is 5.95 Å². The third-order valence-corrected chi connectivity index (χ3v) is 7.82. The largest absolute Gasteiger partial charge is 0.334 e. The maximum absolute atomic E-state index is 12.3. The quantitative estimate of drug-likeness (QED) is 0.240. The Balaban J connectivity index is 1.61. The molecular weight excluding hydrogens is 445 g/mol. The number of carbonyl (C=O) groups is 1. The van der Waals surface area contributed by atoms with Crippen LogP contribution in [-0.2, 0) is 19.8 Å². The summed E-state index contributed by atoms with van der Waals surface area (Å²) in [7, 11) is -0.367. The number of carbonyl (C=O) groups excluding carboxylic acids is 1. The van der Waals surface area contributed by atoms with Gasteiger partial charge in [0.05, 0.1) is 22.6 Å². The van der Waals surface area contributed by atoms with Crippen molar-refractivity contribution in [1.29, 1.82) is 0 Å². The van der Waals surface area contributed by atoms with Gasteiger partial charge in [0, 0.05) is 36.4 Å². The smallest absolute Gasteiger partial charge is 0.324 e. The van der Waals surface area contributed by atoms with Crippen molar-refractivity contribution in [3.05, 3.63) is 71.2 Å². The number of Topliss-reactive ketones (excluding diaryl/α,β-unsaturated/α-hetero) is 1. The minimum absolute atomic E-state index is 0.0129. The van der Waals surface area contributed by atoms with Crippen LogP contribution in [0, 0.1) is 0 Å². The van der Waals surface area contributed by atoms with E-state index in [4.69, 9.17) is 14.0 Å². The van der Waals surface area contributed by atoms with Crippen LogP contribution in [-0.4, -0.2) is 30.0 Å². The van der Waals surface area contributed by atoms with Crippen molar-refractivity contribution in [3.63, 3.8) is 0 Å². The van der Waals surface area contributed by atoms with Crippen molar-refractivity contribution in [1.82, 2.24) is 9.97 Å². The summed E-state index contributed by atoms with van der Waals surface area (Å²) >= 11 is 1.54. The highest BCUT2D eigenvalue weighted by molar-refractivity contribution is 7.52. The number of benzene rings is 2. The second kappa shape index (κ2) is 9.30. The highest BCUT2D eigenvalue weighted by atomic mass is 32.1. The molecule has 0 fully saturated rings. The fraction of sp³-hybridized carbons (Fsp3) is 0.174. The molecule has 1 N–H and O–H groups in total. The zero-order valence-electron chi connectivity index (χ0n) is 17.9. The Kier molecular flexibility index (Phi) is 6.48. The molecule has 0 bridgehead atoms. The third-order valence-electron chi connectivity index (χ3n) is 5.05. The van der Waals surface area contributed by atoms with E-state index < -0.39 is 7.60 Å². The summed E-state index contributed by atoms with van der Waals surface area (Å²) in [4.78, 5) is 21.2. The van der Waals surface area contributed by atoms with Crippen LogP contribution in [0.4, 0.5) is 11.6 Å². The molecule has 0 aliphatic heterocycles. The molecule has 0 aliphatic rings. The Morgan fingerprint density at radius 3 is 2.47 bits per heavy atom. The molecule has 9 heteroatoms. The lowest BCUT2D eigenvalue weighted by Gasteiger charge is -2.13. The third kappa shape index (κ3) is 4.64. The molecule has 0 saturated carbocycles. The monoisotopic (exact) mass is 467 g/mol. The maximum atomic E-state index is 12.3. The van der Waals surface area contributed by atoms with Crippen LogP contribution in [0.3, 0.4) is 0 Å². The van der Waals surface area contributed by atoms with E-state index >= 15 is 0 Å². The Hall–Kier alpha value is -2.90. The Labute approximate surface area is 190 Å². The number of anilines is 2. The standard InChI is InChI=1S/C23H22N3O4PS/c1-15(27)18-6-4-5-7-19(18)20-14-32-21-12-24-23(26-22(20)21)25-17-10-8-16(9-11-17)13-31(28,29-2)30-3/h4-12,14H,13H2,1-3H3,(H,24,25,26). The molecule has 0 atom stereocenters. The van der Waals surface area contributed by atoms with Gasteiger partial charge in [-0.1, -0.05) is 36.4 Å². The zero-order valence-corrected chi connectivity index (χ0v) is 19.6. The van der Waals surface area contributed by atoms with Crippen LogP contribution in [0.2, 0.25) is 0 Å². The number of hydrogen-bond acceptors (Lipinski definition) is 8. The molecule has 2 aromatic carbocycles. The first kappa shape index (κ1) is 22.3. The predicted molar refractivity (Wildman–Crippen MR) is 128 cm³/mol. The van der Waals surface area contributed by atoms with Crippen molar-refractivity contribution < 1.29 is 18.4 Å². The van der Waals surface area contributed by atoms with Gasteiger partial charge in [0.25, 0.3) is 0 Å². The minimum Gasteiger partial charge on any atom is -0.324 e. The number of thiophene rings is 1. The summed E-state index contributed by atoms with van der Waals surface area (Å²) in [5.41, 5.74) is 4.85. The summed E-state index contributed by atoms with van der Waals surface area (Å²) in [6.07, 6.45) is 1.97. The summed E-state index contributed by atoms with van der Waals surface area (Å²) in [5.74, 6) is 0.462. The van der Waals surface area contributed by atoms with E-state index in [0.717, 1.165) is 32.6 Å². The first-order valence-electron chi connectivity index (χ1n) is 9.83. The molecule has 0 saturated heterocycles. The summed E-state index contributed by atoms with van der Waals surface area (Å²) < 4.78 is 23.2. The molecular formula is C23H22N3O4PS. The molecule has 0 aliphatic carbocycles. The number of ketones is 1. The molecule has 2 heterocycles. The van der Waals surface area contributed by atoms with Crippen LogP contribution >= 0.6 is 18.9 Å². The van der Waals surface area contributed by atoms with Gasteiger partial charge in [-0.05, 0) is 30.2 Å². The van der Waals surface area contributed by atoms with Crippen molar-refractivity contribution in [2.75, 3.05) is 19.5 Å². The SMILES string of the molecule is COP(=O)(Cc1ccc(Nc2ncc3scc(-c4ccccc4C(C)=O)c3n2)cc1)OC. The lowest BCUT2D eigenvalue weighted by Crippen LogP contribution is -1.99. The van der Waals surface area contributed by atoms with Crippen LogP contribution in [0.1, 0.15) is 22.8 Å². The normalized spacial score (nSPS) is 11.6. The van der Waals surface area contributed by atoms with E-state index in [1.807, 2.05) is 53.9 Å². The average molecular weight is 467 g/mol. The van der Waals surface area contributed by atoms with Crippen molar-refractivity contribution in [2.45, 2.75) is 13.1 Å². The Morgan fingerprint density at radius 1 is 1.06 bits per heavy atom. The molecule has 7 nitrogen and oxygen atoms in total. The molecule has 32 heavy (non-hydrogen) atoms. The Morgan fingerprint density at radius 2 is 1.78 bits per heavy atom. The van der Waals surface area contributed by atoms with Crippen LogP contribution in [0.25, 0.3) is 21.3 Å². The molecule has 164 valence electrons. The first-order valence-corrected chi connectivity index (χ1v) is 12.4. The Bertz CT molecular complexity index is 1310. The minimum atomic E-state index is -3.12. The first-order chi connectivity index (χ1) is 15.4. The molecule has 0 spiro atoms. The van der Waals surface area contributed by atoms with Gasteiger partial charge in [-0.15, -0.1) is 11.3 Å². The van der Waals surface area contributed by atoms with E-state index in [1.165, 1.54) is 14.2 Å². The van der Waals surface area contributed by atoms with Crippen LogP contribution in [0.5, 0.6) is 0 Å². The number of hydrogen-bond donors (Lipinski definition) is 1. The molecule has 2 aromatic heterocycles. The highest BCUT2D eigenvalue weighted by Gasteiger charge is 2.21. The lowest BCUT2D eigenvalue weighted by atomic mass is 9.99. The number of fused-ring (bicyclic) bond motifs is 1. The van der Waals surface area contributed by atoms with Gasteiger partial charge in [-0.25, -0.2) is 9.97 Å². The van der Waals surface area contributed by atoms with E-state index in [-0.39, 0.29) is 11.9 Å². The zero-order chi connectivity index (χ0) is 22.7. The lowest BCUT2D eigenvalue weighted by molar-refractivity contribution is 0.101. The molecule has 0 amide bonds. The average Bonchev–Trinajstić information content (AvgIpc) is 3.23.